The van der Waals surface area contributed by atoms with E-state index < -0.39 is 34.9 Å². The molecule has 0 N–H and O–H groups in total. The molecule has 0 spiro atoms. The van der Waals surface area contributed by atoms with Gasteiger partial charge in [-0.1, -0.05) is 48.5 Å². The molecule has 5 nitrogen and oxygen atoms in total. The maximum Gasteiger partial charge on any atom is 0.416 e. The van der Waals surface area contributed by atoms with Crippen LogP contribution >= 0.6 is 0 Å². The van der Waals surface area contributed by atoms with Crippen LogP contribution in [0.1, 0.15) is 36.5 Å². The first-order valence-corrected chi connectivity index (χ1v) is 10.4. The fourth-order valence-electron chi connectivity index (χ4n) is 4.04. The molecule has 1 saturated heterocycles. The number of rotatable bonds is 7. The lowest BCUT2D eigenvalue weighted by Crippen LogP contribution is -2.43. The second-order valence-corrected chi connectivity index (χ2v) is 8.01. The van der Waals surface area contributed by atoms with Crippen molar-refractivity contribution < 1.29 is 27.6 Å². The number of carbonyl (C=O) groups is 3. The van der Waals surface area contributed by atoms with Crippen LogP contribution in [0.4, 0.5) is 13.2 Å². The average molecular weight is 446 g/mol. The highest BCUT2D eigenvalue weighted by Gasteiger charge is 2.54. The molecule has 0 aromatic heterocycles. The van der Waals surface area contributed by atoms with Crippen LogP contribution in [0.5, 0.6) is 0 Å². The van der Waals surface area contributed by atoms with Gasteiger partial charge < -0.3 is 4.90 Å². The van der Waals surface area contributed by atoms with Crippen LogP contribution in [0.25, 0.3) is 0 Å². The predicted molar refractivity (Wildman–Crippen MR) is 113 cm³/mol. The number of benzene rings is 2. The molecule has 8 heteroatoms. The minimum Gasteiger partial charge on any atom is -0.345 e. The Labute approximate surface area is 184 Å². The van der Waals surface area contributed by atoms with Gasteiger partial charge in [0.15, 0.2) is 0 Å². The summed E-state index contributed by atoms with van der Waals surface area (Å²) in [6.45, 7) is 2.09. The normalized spacial score (nSPS) is 18.8. The highest BCUT2D eigenvalue weighted by molar-refractivity contribution is 6.10. The Hall–Kier alpha value is -3.16. The van der Waals surface area contributed by atoms with E-state index in [9.17, 15) is 27.6 Å². The molecular formula is C24H25F3N2O3. The molecule has 170 valence electrons. The van der Waals surface area contributed by atoms with Crippen LogP contribution in [-0.2, 0) is 32.4 Å². The summed E-state index contributed by atoms with van der Waals surface area (Å²) in [5.74, 6) is -1.53. The summed E-state index contributed by atoms with van der Waals surface area (Å²) in [4.78, 5) is 41.2. The lowest BCUT2D eigenvalue weighted by molar-refractivity contribution is -0.142. The number of likely N-dealkylation sites (tertiary alicyclic amines) is 1. The van der Waals surface area contributed by atoms with Gasteiger partial charge in [-0.15, -0.1) is 0 Å². The number of hydrogen-bond acceptors (Lipinski definition) is 3. The van der Waals surface area contributed by atoms with E-state index in [0.29, 0.717) is 13.0 Å². The summed E-state index contributed by atoms with van der Waals surface area (Å²) in [5, 5.41) is 0. The Kier molecular flexibility index (Phi) is 6.71. The number of alkyl halides is 3. The SMILES string of the molecule is CCN1C(=O)CC(CC(=O)N(C)CCc2ccccc2)(c2cccc(C(F)(F)F)c2)C1=O. The first-order valence-electron chi connectivity index (χ1n) is 10.4. The first-order chi connectivity index (χ1) is 15.1. The molecule has 32 heavy (non-hydrogen) atoms. The molecule has 1 aliphatic rings. The third-order valence-electron chi connectivity index (χ3n) is 5.92. The average Bonchev–Trinajstić information content (AvgIpc) is 3.01. The molecule has 0 saturated carbocycles. The van der Waals surface area contributed by atoms with Gasteiger partial charge >= 0.3 is 6.18 Å². The van der Waals surface area contributed by atoms with Crippen LogP contribution in [-0.4, -0.2) is 47.7 Å². The zero-order chi connectivity index (χ0) is 23.5. The van der Waals surface area contributed by atoms with Gasteiger partial charge in [0.05, 0.1) is 11.0 Å². The number of imide groups is 1. The van der Waals surface area contributed by atoms with Crippen molar-refractivity contribution in [3.8, 4) is 0 Å². The Morgan fingerprint density at radius 2 is 1.78 bits per heavy atom. The van der Waals surface area contributed by atoms with Crippen molar-refractivity contribution in [2.45, 2.75) is 37.8 Å². The maximum atomic E-state index is 13.3. The van der Waals surface area contributed by atoms with Gasteiger partial charge in [0, 0.05) is 33.0 Å². The Bertz CT molecular complexity index is 1010. The zero-order valence-electron chi connectivity index (χ0n) is 18.0. The quantitative estimate of drug-likeness (QED) is 0.608. The van der Waals surface area contributed by atoms with Crippen molar-refractivity contribution >= 4 is 17.7 Å². The van der Waals surface area contributed by atoms with E-state index in [4.69, 9.17) is 0 Å². The minimum absolute atomic E-state index is 0.0337. The first kappa shape index (κ1) is 23.5. The van der Waals surface area contributed by atoms with Crippen molar-refractivity contribution in [1.29, 1.82) is 0 Å². The van der Waals surface area contributed by atoms with E-state index >= 15 is 0 Å². The Balaban J connectivity index is 1.90. The van der Waals surface area contributed by atoms with Gasteiger partial charge in [-0.3, -0.25) is 19.3 Å². The number of amides is 3. The molecule has 0 radical (unpaired) electrons. The fourth-order valence-corrected chi connectivity index (χ4v) is 4.04. The number of halogens is 3. The van der Waals surface area contributed by atoms with E-state index in [1.165, 1.54) is 17.0 Å². The van der Waals surface area contributed by atoms with E-state index in [1.54, 1.807) is 14.0 Å². The van der Waals surface area contributed by atoms with Crippen molar-refractivity contribution in [2.75, 3.05) is 20.1 Å². The molecule has 3 rings (SSSR count). The van der Waals surface area contributed by atoms with Gasteiger partial charge in [-0.25, -0.2) is 0 Å². The zero-order valence-corrected chi connectivity index (χ0v) is 18.0. The van der Waals surface area contributed by atoms with Gasteiger partial charge in [-0.2, -0.15) is 13.2 Å². The van der Waals surface area contributed by atoms with E-state index in [-0.39, 0.29) is 24.9 Å². The van der Waals surface area contributed by atoms with Crippen molar-refractivity contribution in [3.63, 3.8) is 0 Å². The molecule has 1 unspecified atom stereocenters. The van der Waals surface area contributed by atoms with Crippen LogP contribution in [0.2, 0.25) is 0 Å². The summed E-state index contributed by atoms with van der Waals surface area (Å²) in [6, 6.07) is 13.9. The molecule has 1 fully saturated rings. The summed E-state index contributed by atoms with van der Waals surface area (Å²) in [7, 11) is 1.59. The molecule has 3 amide bonds. The van der Waals surface area contributed by atoms with Crippen LogP contribution in [0, 0.1) is 0 Å². The molecular weight excluding hydrogens is 421 g/mol. The third kappa shape index (κ3) is 4.69. The predicted octanol–water partition coefficient (Wildman–Crippen LogP) is 3.81. The van der Waals surface area contributed by atoms with Crippen molar-refractivity contribution in [3.05, 3.63) is 71.3 Å². The van der Waals surface area contributed by atoms with Crippen molar-refractivity contribution in [1.82, 2.24) is 9.80 Å². The lowest BCUT2D eigenvalue weighted by atomic mass is 9.75. The second kappa shape index (κ2) is 9.14. The lowest BCUT2D eigenvalue weighted by Gasteiger charge is -2.29. The standard InChI is InChI=1S/C24H25F3N2O3/c1-3-29-21(31)16-23(22(29)32,18-10-7-11-19(14-18)24(25,26)27)15-20(30)28(2)13-12-17-8-5-4-6-9-17/h4-11,14H,3,12-13,15-16H2,1-2H3. The summed E-state index contributed by atoms with van der Waals surface area (Å²) < 4.78 is 39.9. The van der Waals surface area contributed by atoms with Gasteiger partial charge in [0.2, 0.25) is 17.7 Å². The monoisotopic (exact) mass is 446 g/mol. The number of carbonyl (C=O) groups excluding carboxylic acids is 3. The highest BCUT2D eigenvalue weighted by atomic mass is 19.4. The topological polar surface area (TPSA) is 57.7 Å². The number of likely N-dealkylation sites (N-methyl/N-ethyl adjacent to an activating group) is 2. The van der Waals surface area contributed by atoms with E-state index in [2.05, 4.69) is 0 Å². The van der Waals surface area contributed by atoms with Gasteiger partial charge in [-0.05, 0) is 30.5 Å². The summed E-state index contributed by atoms with van der Waals surface area (Å²) >= 11 is 0. The molecule has 1 heterocycles. The molecule has 1 aliphatic heterocycles. The van der Waals surface area contributed by atoms with Gasteiger partial charge in [0.25, 0.3) is 0 Å². The summed E-state index contributed by atoms with van der Waals surface area (Å²) in [6.07, 6.45) is -4.72. The maximum absolute atomic E-state index is 13.3. The Morgan fingerprint density at radius 1 is 1.09 bits per heavy atom. The number of nitrogens with zero attached hydrogens (tertiary/aromatic N) is 2. The Morgan fingerprint density at radius 3 is 2.38 bits per heavy atom. The fraction of sp³-hybridized carbons (Fsp3) is 0.375. The van der Waals surface area contributed by atoms with Gasteiger partial charge in [0.1, 0.15) is 0 Å². The van der Waals surface area contributed by atoms with Crippen LogP contribution in [0.15, 0.2) is 54.6 Å². The molecule has 0 aliphatic carbocycles. The van der Waals surface area contributed by atoms with Crippen LogP contribution < -0.4 is 0 Å². The smallest absolute Gasteiger partial charge is 0.345 e. The van der Waals surface area contributed by atoms with Crippen LogP contribution in [0.3, 0.4) is 0 Å². The minimum atomic E-state index is -4.61. The van der Waals surface area contributed by atoms with E-state index in [1.807, 2.05) is 30.3 Å². The third-order valence-corrected chi connectivity index (χ3v) is 5.92. The highest BCUT2D eigenvalue weighted by Crippen LogP contribution is 2.42. The van der Waals surface area contributed by atoms with E-state index in [0.717, 1.165) is 22.6 Å². The largest absolute Gasteiger partial charge is 0.416 e. The molecule has 1 atom stereocenters. The van der Waals surface area contributed by atoms with Crippen molar-refractivity contribution in [2.24, 2.45) is 0 Å². The second-order valence-electron chi connectivity index (χ2n) is 8.01. The summed E-state index contributed by atoms with van der Waals surface area (Å²) in [5.41, 5.74) is -1.50. The molecule has 0 bridgehead atoms. The molecule has 2 aromatic carbocycles. The number of hydrogen-bond donors (Lipinski definition) is 0. The molecule has 2 aromatic rings.